The van der Waals surface area contributed by atoms with Gasteiger partial charge >= 0.3 is 0 Å². The zero-order chi connectivity index (χ0) is 15.6. The Morgan fingerprint density at radius 3 is 2.52 bits per heavy atom. The van der Waals surface area contributed by atoms with Gasteiger partial charge in [0.25, 0.3) is 0 Å². The number of benzene rings is 2. The average Bonchev–Trinajstić information content (AvgIpc) is 2.37. The number of hydrogen-bond acceptors (Lipinski definition) is 2. The van der Waals surface area contributed by atoms with Gasteiger partial charge in [0.1, 0.15) is 16.5 Å². The van der Waals surface area contributed by atoms with Crippen LogP contribution >= 0.6 is 28.1 Å². The molecule has 0 heterocycles. The molecule has 0 aliphatic carbocycles. The number of aryl methyl sites for hydroxylation is 1. The van der Waals surface area contributed by atoms with E-state index >= 15 is 0 Å². The number of hydrogen-bond donors (Lipinski definition) is 1. The zero-order valence-corrected chi connectivity index (χ0v) is 14.7. The van der Waals surface area contributed by atoms with Gasteiger partial charge in [0.2, 0.25) is 0 Å². The molecule has 0 radical (unpaired) electrons. The van der Waals surface area contributed by atoms with Crippen LogP contribution in [0.25, 0.3) is 0 Å². The minimum absolute atomic E-state index is 0.316. The van der Waals surface area contributed by atoms with Gasteiger partial charge in [-0.05, 0) is 58.1 Å². The maximum atomic E-state index is 6.13. The Labute approximate surface area is 139 Å². The predicted octanol–water partition coefficient (Wildman–Crippen LogP) is 5.31. The Bertz CT molecular complexity index is 682. The van der Waals surface area contributed by atoms with E-state index in [1.807, 2.05) is 31.2 Å². The lowest BCUT2D eigenvalue weighted by atomic mass is 10.0. The number of ether oxygens (including phenoxy) is 1. The summed E-state index contributed by atoms with van der Waals surface area (Å²) in [7, 11) is 0. The van der Waals surface area contributed by atoms with E-state index in [0.29, 0.717) is 16.7 Å². The number of nitrogens with two attached hydrogens (primary N) is 1. The van der Waals surface area contributed by atoms with E-state index in [-0.39, 0.29) is 0 Å². The van der Waals surface area contributed by atoms with Crippen molar-refractivity contribution in [3.63, 3.8) is 0 Å². The molecule has 0 saturated heterocycles. The molecule has 0 bridgehead atoms. The molecule has 21 heavy (non-hydrogen) atoms. The van der Waals surface area contributed by atoms with Crippen LogP contribution in [0.2, 0.25) is 0 Å². The van der Waals surface area contributed by atoms with Crippen molar-refractivity contribution in [2.45, 2.75) is 26.7 Å². The molecule has 0 atom stereocenters. The first-order valence-corrected chi connectivity index (χ1v) is 7.97. The van der Waals surface area contributed by atoms with Gasteiger partial charge in [0.05, 0.1) is 5.56 Å². The highest BCUT2D eigenvalue weighted by molar-refractivity contribution is 9.10. The molecule has 0 fully saturated rings. The van der Waals surface area contributed by atoms with Gasteiger partial charge in [-0.25, -0.2) is 0 Å². The van der Waals surface area contributed by atoms with Gasteiger partial charge in [-0.15, -0.1) is 0 Å². The highest BCUT2D eigenvalue weighted by Gasteiger charge is 2.14. The molecule has 0 unspecified atom stereocenters. The molecule has 0 aliphatic heterocycles. The molecule has 0 saturated carbocycles. The molecule has 0 aromatic heterocycles. The summed E-state index contributed by atoms with van der Waals surface area (Å²) < 4.78 is 6.97. The molecule has 0 amide bonds. The lowest BCUT2D eigenvalue weighted by Gasteiger charge is -2.17. The van der Waals surface area contributed by atoms with Gasteiger partial charge in [-0.2, -0.15) is 0 Å². The summed E-state index contributed by atoms with van der Waals surface area (Å²) in [4.78, 5) is 0.316. The fraction of sp³-hybridized carbons (Fsp3) is 0.235. The van der Waals surface area contributed by atoms with Crippen LogP contribution in [0.15, 0.2) is 40.9 Å². The van der Waals surface area contributed by atoms with Gasteiger partial charge in [0, 0.05) is 4.47 Å². The Kier molecular flexibility index (Phi) is 5.01. The monoisotopic (exact) mass is 363 g/mol. The first kappa shape index (κ1) is 16.0. The van der Waals surface area contributed by atoms with Crippen molar-refractivity contribution < 1.29 is 4.74 Å². The smallest absolute Gasteiger partial charge is 0.138 e. The summed E-state index contributed by atoms with van der Waals surface area (Å²) in [5, 5.41) is 0. The molecule has 0 aliphatic rings. The van der Waals surface area contributed by atoms with E-state index < -0.39 is 0 Å². The van der Waals surface area contributed by atoms with Crippen LogP contribution in [0.3, 0.4) is 0 Å². The number of thiocarbonyl (C=S) groups is 1. The predicted molar refractivity (Wildman–Crippen MR) is 95.4 cm³/mol. The second-order valence-electron chi connectivity index (χ2n) is 5.28. The standard InChI is InChI=1S/C17H18BrNOS/c1-10(2)12-8-7-11(3)9-15(12)20-14-6-4-5-13(18)16(14)17(19)21/h4-10H,1-3H3,(H2,19,21). The third-order valence-electron chi connectivity index (χ3n) is 3.23. The molecule has 4 heteroatoms. The van der Waals surface area contributed by atoms with E-state index in [1.165, 1.54) is 0 Å². The van der Waals surface area contributed by atoms with Crippen LogP contribution in [-0.2, 0) is 0 Å². The van der Waals surface area contributed by atoms with Crippen LogP contribution in [0.5, 0.6) is 11.5 Å². The lowest BCUT2D eigenvalue weighted by Crippen LogP contribution is -2.12. The van der Waals surface area contributed by atoms with Crippen LogP contribution in [0.4, 0.5) is 0 Å². The van der Waals surface area contributed by atoms with E-state index in [2.05, 4.69) is 41.9 Å². The summed E-state index contributed by atoms with van der Waals surface area (Å²) in [6.45, 7) is 6.34. The number of rotatable bonds is 4. The quantitative estimate of drug-likeness (QED) is 0.747. The van der Waals surface area contributed by atoms with Crippen molar-refractivity contribution in [1.29, 1.82) is 0 Å². The van der Waals surface area contributed by atoms with Crippen LogP contribution < -0.4 is 10.5 Å². The fourth-order valence-electron chi connectivity index (χ4n) is 2.15. The van der Waals surface area contributed by atoms with E-state index in [1.54, 1.807) is 0 Å². The molecular formula is C17H18BrNOS. The normalized spacial score (nSPS) is 10.7. The highest BCUT2D eigenvalue weighted by Crippen LogP contribution is 2.35. The summed E-state index contributed by atoms with van der Waals surface area (Å²) in [6, 6.07) is 11.9. The van der Waals surface area contributed by atoms with Crippen LogP contribution in [0, 0.1) is 6.92 Å². The van der Waals surface area contributed by atoms with Crippen LogP contribution in [-0.4, -0.2) is 4.99 Å². The first-order chi connectivity index (χ1) is 9.90. The molecule has 0 spiro atoms. The van der Waals surface area contributed by atoms with E-state index in [4.69, 9.17) is 22.7 Å². The third-order valence-corrected chi connectivity index (χ3v) is 4.10. The van der Waals surface area contributed by atoms with E-state index in [9.17, 15) is 0 Å². The van der Waals surface area contributed by atoms with Gasteiger partial charge in [0.15, 0.2) is 0 Å². The molecule has 2 aromatic carbocycles. The van der Waals surface area contributed by atoms with Gasteiger partial charge in [-0.1, -0.05) is 44.3 Å². The number of halogens is 1. The molecular weight excluding hydrogens is 346 g/mol. The minimum atomic E-state index is 0.316. The first-order valence-electron chi connectivity index (χ1n) is 6.77. The van der Waals surface area contributed by atoms with Crippen molar-refractivity contribution in [3.05, 3.63) is 57.6 Å². The fourth-order valence-corrected chi connectivity index (χ4v) is 3.06. The molecule has 2 aromatic rings. The van der Waals surface area contributed by atoms with Crippen LogP contribution in [0.1, 0.15) is 36.5 Å². The molecule has 2 N–H and O–H groups in total. The summed E-state index contributed by atoms with van der Waals surface area (Å²) in [6.07, 6.45) is 0. The summed E-state index contributed by atoms with van der Waals surface area (Å²) >= 11 is 8.61. The third kappa shape index (κ3) is 3.63. The Morgan fingerprint density at radius 1 is 1.19 bits per heavy atom. The van der Waals surface area contributed by atoms with Gasteiger partial charge in [-0.3, -0.25) is 0 Å². The SMILES string of the molecule is Cc1ccc(C(C)C)c(Oc2cccc(Br)c2C(N)=S)c1. The lowest BCUT2D eigenvalue weighted by molar-refractivity contribution is 0.471. The van der Waals surface area contributed by atoms with Gasteiger partial charge < -0.3 is 10.5 Å². The molecule has 2 rings (SSSR count). The highest BCUT2D eigenvalue weighted by atomic mass is 79.9. The second-order valence-corrected chi connectivity index (χ2v) is 6.57. The molecule has 110 valence electrons. The van der Waals surface area contributed by atoms with Crippen molar-refractivity contribution in [1.82, 2.24) is 0 Å². The molecule has 2 nitrogen and oxygen atoms in total. The maximum Gasteiger partial charge on any atom is 0.138 e. The Balaban J connectivity index is 2.50. The van der Waals surface area contributed by atoms with Crippen molar-refractivity contribution in [2.24, 2.45) is 5.73 Å². The largest absolute Gasteiger partial charge is 0.456 e. The summed E-state index contributed by atoms with van der Waals surface area (Å²) in [5.41, 5.74) is 8.86. The summed E-state index contributed by atoms with van der Waals surface area (Å²) in [5.74, 6) is 1.89. The van der Waals surface area contributed by atoms with Crippen molar-refractivity contribution >= 4 is 33.1 Å². The van der Waals surface area contributed by atoms with Crippen molar-refractivity contribution in [3.8, 4) is 11.5 Å². The topological polar surface area (TPSA) is 35.2 Å². The Hall–Kier alpha value is -1.39. The average molecular weight is 364 g/mol. The van der Waals surface area contributed by atoms with E-state index in [0.717, 1.165) is 26.9 Å². The Morgan fingerprint density at radius 2 is 1.90 bits per heavy atom. The zero-order valence-electron chi connectivity index (χ0n) is 12.3. The maximum absolute atomic E-state index is 6.13. The minimum Gasteiger partial charge on any atom is -0.456 e. The second kappa shape index (κ2) is 6.58. The van der Waals surface area contributed by atoms with Crippen molar-refractivity contribution in [2.75, 3.05) is 0 Å².